The number of hydrogen-bond donors (Lipinski definition) is 0. The van der Waals surface area contributed by atoms with E-state index in [2.05, 4.69) is 9.88 Å². The number of ether oxygens (including phenoxy) is 3. The second-order valence-electron chi connectivity index (χ2n) is 12.0. The molecular weight excluding hydrogens is 543 g/mol. The van der Waals surface area contributed by atoms with Gasteiger partial charge in [0.05, 0.1) is 12.2 Å². The van der Waals surface area contributed by atoms with E-state index in [1.807, 2.05) is 56.0 Å². The number of likely N-dealkylation sites (tertiary alicyclic amines) is 1. The van der Waals surface area contributed by atoms with Crippen LogP contribution in [0.5, 0.6) is 6.01 Å². The van der Waals surface area contributed by atoms with Gasteiger partial charge in [-0.05, 0) is 39.2 Å². The highest BCUT2D eigenvalue weighted by Crippen LogP contribution is 2.30. The SMILES string of the molecule is CC(C)(C)OC(=O)N1CCc2c(nc(OCCN3CCC(F)C3)nc2N2CCN(C(=O)OCc3ccccc3)CC2)C1. The lowest BCUT2D eigenvalue weighted by Crippen LogP contribution is -2.50. The van der Waals surface area contributed by atoms with Gasteiger partial charge in [0.15, 0.2) is 0 Å². The number of alkyl halides is 1. The van der Waals surface area contributed by atoms with E-state index in [4.69, 9.17) is 19.2 Å². The van der Waals surface area contributed by atoms with E-state index in [9.17, 15) is 14.0 Å². The molecule has 11 nitrogen and oxygen atoms in total. The smallest absolute Gasteiger partial charge is 0.410 e. The van der Waals surface area contributed by atoms with Crippen LogP contribution in [0, 0.1) is 0 Å². The molecule has 0 aliphatic carbocycles. The average molecular weight is 585 g/mol. The summed E-state index contributed by atoms with van der Waals surface area (Å²) in [5.74, 6) is 0.765. The summed E-state index contributed by atoms with van der Waals surface area (Å²) >= 11 is 0. The molecule has 2 fully saturated rings. The van der Waals surface area contributed by atoms with Crippen molar-refractivity contribution in [2.24, 2.45) is 0 Å². The van der Waals surface area contributed by atoms with Crippen molar-refractivity contribution in [3.05, 3.63) is 47.2 Å². The van der Waals surface area contributed by atoms with Crippen LogP contribution in [0.1, 0.15) is 44.0 Å². The molecule has 2 amide bonds. The molecule has 3 aliphatic rings. The van der Waals surface area contributed by atoms with Gasteiger partial charge in [-0.15, -0.1) is 0 Å². The van der Waals surface area contributed by atoms with Gasteiger partial charge in [0.25, 0.3) is 0 Å². The van der Waals surface area contributed by atoms with Gasteiger partial charge in [0.1, 0.15) is 30.8 Å². The Labute approximate surface area is 246 Å². The fraction of sp³-hybridized carbons (Fsp3) is 0.600. The molecule has 0 N–H and O–H groups in total. The van der Waals surface area contributed by atoms with E-state index in [0.29, 0.717) is 71.8 Å². The maximum absolute atomic E-state index is 13.6. The third-order valence-corrected chi connectivity index (χ3v) is 7.57. The molecule has 42 heavy (non-hydrogen) atoms. The fourth-order valence-corrected chi connectivity index (χ4v) is 5.36. The standard InChI is InChI=1S/C30H41FN6O5/c1-30(2,3)42-29(39)37-12-10-24-25(20-37)32-27(40-18-17-34-11-9-23(31)19-34)33-26(24)35-13-15-36(16-14-35)28(38)41-21-22-7-5-4-6-8-22/h4-8,23H,9-21H2,1-3H3. The molecule has 12 heteroatoms. The first-order valence-electron chi connectivity index (χ1n) is 14.7. The molecule has 228 valence electrons. The van der Waals surface area contributed by atoms with Crippen LogP contribution >= 0.6 is 0 Å². The Kier molecular flexibility index (Phi) is 9.30. The highest BCUT2D eigenvalue weighted by molar-refractivity contribution is 5.69. The van der Waals surface area contributed by atoms with E-state index in [1.165, 1.54) is 0 Å². The van der Waals surface area contributed by atoms with Crippen molar-refractivity contribution < 1.29 is 28.2 Å². The summed E-state index contributed by atoms with van der Waals surface area (Å²) in [5, 5.41) is 0. The van der Waals surface area contributed by atoms with Crippen LogP contribution in [0.15, 0.2) is 30.3 Å². The minimum absolute atomic E-state index is 0.232. The zero-order valence-electron chi connectivity index (χ0n) is 24.8. The second-order valence-corrected chi connectivity index (χ2v) is 12.0. The lowest BCUT2D eigenvalue weighted by atomic mass is 10.0. The van der Waals surface area contributed by atoms with Crippen LogP contribution in [0.3, 0.4) is 0 Å². The first-order chi connectivity index (χ1) is 20.1. The van der Waals surface area contributed by atoms with E-state index < -0.39 is 11.8 Å². The Hall–Kier alpha value is -3.67. The highest BCUT2D eigenvalue weighted by Gasteiger charge is 2.32. The Morgan fingerprint density at radius 2 is 1.74 bits per heavy atom. The molecule has 0 spiro atoms. The number of benzene rings is 1. The first-order valence-corrected chi connectivity index (χ1v) is 14.7. The van der Waals surface area contributed by atoms with Crippen LogP contribution in [0.25, 0.3) is 0 Å². The van der Waals surface area contributed by atoms with E-state index >= 15 is 0 Å². The number of amides is 2. The molecule has 0 saturated carbocycles. The normalized spacial score (nSPS) is 19.4. The maximum atomic E-state index is 13.6. The van der Waals surface area contributed by atoms with Gasteiger partial charge < -0.3 is 28.9 Å². The molecule has 3 aliphatic heterocycles. The third kappa shape index (κ3) is 7.78. The third-order valence-electron chi connectivity index (χ3n) is 7.57. The monoisotopic (exact) mass is 584 g/mol. The lowest BCUT2D eigenvalue weighted by Gasteiger charge is -2.37. The predicted molar refractivity (Wildman–Crippen MR) is 154 cm³/mol. The Balaban J connectivity index is 1.26. The van der Waals surface area contributed by atoms with Gasteiger partial charge in [-0.25, -0.2) is 14.0 Å². The van der Waals surface area contributed by atoms with Crippen LogP contribution in [-0.4, -0.2) is 108 Å². The lowest BCUT2D eigenvalue weighted by molar-refractivity contribution is 0.0220. The van der Waals surface area contributed by atoms with Crippen LogP contribution in [0.2, 0.25) is 0 Å². The minimum atomic E-state index is -0.787. The number of hydrogen-bond acceptors (Lipinski definition) is 9. The van der Waals surface area contributed by atoms with Crippen molar-refractivity contribution in [1.29, 1.82) is 0 Å². The zero-order valence-corrected chi connectivity index (χ0v) is 24.8. The van der Waals surface area contributed by atoms with Gasteiger partial charge in [-0.1, -0.05) is 30.3 Å². The van der Waals surface area contributed by atoms with Crippen molar-refractivity contribution in [3.8, 4) is 6.01 Å². The molecule has 5 rings (SSSR count). The number of carbonyl (C=O) groups is 2. The Morgan fingerprint density at radius 1 is 0.976 bits per heavy atom. The number of anilines is 1. The van der Waals surface area contributed by atoms with Crippen molar-refractivity contribution in [2.75, 3.05) is 63.9 Å². The van der Waals surface area contributed by atoms with Gasteiger partial charge in [0.2, 0.25) is 0 Å². The number of nitrogens with zero attached hydrogens (tertiary/aromatic N) is 6. The Morgan fingerprint density at radius 3 is 2.43 bits per heavy atom. The van der Waals surface area contributed by atoms with Crippen molar-refractivity contribution in [2.45, 2.75) is 58.5 Å². The maximum Gasteiger partial charge on any atom is 0.410 e. The molecule has 1 unspecified atom stereocenters. The molecule has 0 bridgehead atoms. The largest absolute Gasteiger partial charge is 0.462 e. The second kappa shape index (κ2) is 13.1. The van der Waals surface area contributed by atoms with Gasteiger partial charge >= 0.3 is 18.2 Å². The summed E-state index contributed by atoms with van der Waals surface area (Å²) < 4.78 is 30.7. The fourth-order valence-electron chi connectivity index (χ4n) is 5.36. The summed E-state index contributed by atoms with van der Waals surface area (Å²) in [4.78, 5) is 42.6. The topological polar surface area (TPSA) is 101 Å². The van der Waals surface area contributed by atoms with E-state index in [1.54, 1.807) is 9.80 Å². The summed E-state index contributed by atoms with van der Waals surface area (Å²) in [6, 6.07) is 9.85. The Bertz CT molecular complexity index is 1230. The summed E-state index contributed by atoms with van der Waals surface area (Å²) in [6.45, 7) is 10.7. The van der Waals surface area contributed by atoms with Crippen LogP contribution < -0.4 is 9.64 Å². The summed E-state index contributed by atoms with van der Waals surface area (Å²) in [5.41, 5.74) is 2.04. The summed E-state index contributed by atoms with van der Waals surface area (Å²) in [6.07, 6.45) is -0.378. The van der Waals surface area contributed by atoms with Crippen molar-refractivity contribution in [3.63, 3.8) is 0 Å². The van der Waals surface area contributed by atoms with Gasteiger partial charge in [-0.2, -0.15) is 9.97 Å². The molecule has 2 aromatic rings. The number of rotatable bonds is 7. The molecule has 1 aromatic heterocycles. The molecule has 4 heterocycles. The molecule has 0 radical (unpaired) electrons. The highest BCUT2D eigenvalue weighted by atomic mass is 19.1. The van der Waals surface area contributed by atoms with Crippen LogP contribution in [-0.2, 0) is 29.0 Å². The van der Waals surface area contributed by atoms with E-state index in [0.717, 1.165) is 22.6 Å². The quantitative estimate of drug-likeness (QED) is 0.483. The summed E-state index contributed by atoms with van der Waals surface area (Å²) in [7, 11) is 0. The number of piperazine rings is 1. The number of aromatic nitrogens is 2. The number of carbonyl (C=O) groups excluding carboxylic acids is 2. The number of halogens is 1. The molecule has 1 atom stereocenters. The predicted octanol–water partition coefficient (Wildman–Crippen LogP) is 3.65. The molecule has 2 saturated heterocycles. The molecular formula is C30H41FN6O5. The average Bonchev–Trinajstić information content (AvgIpc) is 3.39. The molecule has 1 aromatic carbocycles. The first kappa shape index (κ1) is 29.8. The zero-order chi connectivity index (χ0) is 29.7. The van der Waals surface area contributed by atoms with Gasteiger partial charge in [0, 0.05) is 57.9 Å². The van der Waals surface area contributed by atoms with Crippen LogP contribution in [0.4, 0.5) is 19.8 Å². The van der Waals surface area contributed by atoms with Crippen molar-refractivity contribution in [1.82, 2.24) is 24.7 Å². The van der Waals surface area contributed by atoms with Gasteiger partial charge in [-0.3, -0.25) is 4.90 Å². The minimum Gasteiger partial charge on any atom is -0.462 e. The van der Waals surface area contributed by atoms with Crippen molar-refractivity contribution >= 4 is 18.0 Å². The van der Waals surface area contributed by atoms with E-state index in [-0.39, 0.29) is 31.3 Å². The number of fused-ring (bicyclic) bond motifs is 1.